The van der Waals surface area contributed by atoms with Crippen molar-refractivity contribution in [3.63, 3.8) is 0 Å². The molecule has 0 atom stereocenters. The predicted molar refractivity (Wildman–Crippen MR) is 61.7 cm³/mol. The van der Waals surface area contributed by atoms with Gasteiger partial charge in [-0.2, -0.15) is 0 Å². The highest BCUT2D eigenvalue weighted by Gasteiger charge is 2.05. The van der Waals surface area contributed by atoms with Crippen molar-refractivity contribution in [2.24, 2.45) is 0 Å². The molecule has 0 saturated carbocycles. The molecule has 1 rings (SSSR count). The Morgan fingerprint density at radius 1 is 1.40 bits per heavy atom. The molecular formula is C12H18N2O. The van der Waals surface area contributed by atoms with Gasteiger partial charge >= 0.3 is 6.03 Å². The first kappa shape index (κ1) is 11.6. The van der Waals surface area contributed by atoms with E-state index in [1.807, 2.05) is 38.1 Å². The van der Waals surface area contributed by atoms with Crippen LogP contribution < -0.4 is 5.32 Å². The normalized spacial score (nSPS) is 9.80. The van der Waals surface area contributed by atoms with Crippen LogP contribution in [0, 0.1) is 6.92 Å². The minimum absolute atomic E-state index is 0.0271. The van der Waals surface area contributed by atoms with Crippen molar-refractivity contribution in [2.45, 2.75) is 20.4 Å². The number of nitrogens with zero attached hydrogens (tertiary/aromatic N) is 1. The van der Waals surface area contributed by atoms with Crippen LogP contribution in [0.2, 0.25) is 0 Å². The number of hydrogen-bond acceptors (Lipinski definition) is 1. The van der Waals surface area contributed by atoms with Gasteiger partial charge in [0.2, 0.25) is 0 Å². The van der Waals surface area contributed by atoms with Crippen molar-refractivity contribution >= 4 is 6.03 Å². The molecule has 0 unspecified atom stereocenters. The molecule has 3 nitrogen and oxygen atoms in total. The van der Waals surface area contributed by atoms with Gasteiger partial charge in [-0.3, -0.25) is 0 Å². The van der Waals surface area contributed by atoms with Gasteiger partial charge in [-0.25, -0.2) is 4.79 Å². The molecule has 0 bridgehead atoms. The third-order valence-corrected chi connectivity index (χ3v) is 2.51. The van der Waals surface area contributed by atoms with Crippen LogP contribution in [0.25, 0.3) is 0 Å². The SMILES string of the molecule is CCN(C)C(=O)NCc1ccccc1C. The second-order valence-corrected chi connectivity index (χ2v) is 3.60. The zero-order valence-electron chi connectivity index (χ0n) is 9.58. The lowest BCUT2D eigenvalue weighted by Crippen LogP contribution is -2.36. The smallest absolute Gasteiger partial charge is 0.317 e. The summed E-state index contributed by atoms with van der Waals surface area (Å²) in [6, 6.07) is 8.03. The Balaban J connectivity index is 2.51. The average molecular weight is 206 g/mol. The molecule has 0 aromatic heterocycles. The molecule has 2 amide bonds. The number of nitrogens with one attached hydrogen (secondary N) is 1. The monoisotopic (exact) mass is 206 g/mol. The van der Waals surface area contributed by atoms with Crippen molar-refractivity contribution in [1.82, 2.24) is 10.2 Å². The summed E-state index contributed by atoms with van der Waals surface area (Å²) < 4.78 is 0. The highest BCUT2D eigenvalue weighted by atomic mass is 16.2. The van der Waals surface area contributed by atoms with Gasteiger partial charge in [0.05, 0.1) is 0 Å². The van der Waals surface area contributed by atoms with E-state index in [1.54, 1.807) is 11.9 Å². The van der Waals surface area contributed by atoms with Crippen LogP contribution >= 0.6 is 0 Å². The molecule has 3 heteroatoms. The summed E-state index contributed by atoms with van der Waals surface area (Å²) in [5, 5.41) is 2.88. The predicted octanol–water partition coefficient (Wildman–Crippen LogP) is 2.16. The summed E-state index contributed by atoms with van der Waals surface area (Å²) in [6.45, 7) is 5.31. The van der Waals surface area contributed by atoms with Gasteiger partial charge in [0, 0.05) is 20.1 Å². The maximum atomic E-state index is 11.5. The number of aryl methyl sites for hydroxylation is 1. The summed E-state index contributed by atoms with van der Waals surface area (Å²) in [6.07, 6.45) is 0. The van der Waals surface area contributed by atoms with E-state index in [0.29, 0.717) is 6.54 Å². The standard InChI is InChI=1S/C12H18N2O/c1-4-14(3)12(15)13-9-11-8-6-5-7-10(11)2/h5-8H,4,9H2,1-3H3,(H,13,15). The van der Waals surface area contributed by atoms with E-state index in [4.69, 9.17) is 0 Å². The third-order valence-electron chi connectivity index (χ3n) is 2.51. The van der Waals surface area contributed by atoms with Crippen LogP contribution in [0.3, 0.4) is 0 Å². The van der Waals surface area contributed by atoms with Gasteiger partial charge in [-0.15, -0.1) is 0 Å². The maximum Gasteiger partial charge on any atom is 0.317 e. The lowest BCUT2D eigenvalue weighted by molar-refractivity contribution is 0.210. The molecule has 82 valence electrons. The van der Waals surface area contributed by atoms with Crippen LogP contribution in [0.1, 0.15) is 18.1 Å². The van der Waals surface area contributed by atoms with E-state index >= 15 is 0 Å². The minimum Gasteiger partial charge on any atom is -0.334 e. The highest BCUT2D eigenvalue weighted by Crippen LogP contribution is 2.06. The molecule has 0 radical (unpaired) electrons. The zero-order chi connectivity index (χ0) is 11.3. The number of carbonyl (C=O) groups is 1. The Morgan fingerprint density at radius 3 is 2.67 bits per heavy atom. The van der Waals surface area contributed by atoms with Gasteiger partial charge in [-0.05, 0) is 25.0 Å². The Labute approximate surface area is 91.1 Å². The van der Waals surface area contributed by atoms with Crippen molar-refractivity contribution in [3.8, 4) is 0 Å². The molecule has 0 aliphatic carbocycles. The Hall–Kier alpha value is -1.51. The minimum atomic E-state index is -0.0271. The first-order valence-electron chi connectivity index (χ1n) is 5.18. The van der Waals surface area contributed by atoms with Crippen LogP contribution in [0.5, 0.6) is 0 Å². The first-order chi connectivity index (χ1) is 7.15. The first-order valence-corrected chi connectivity index (χ1v) is 5.18. The van der Waals surface area contributed by atoms with Crippen LogP contribution in [-0.4, -0.2) is 24.5 Å². The fourth-order valence-corrected chi connectivity index (χ4v) is 1.26. The molecule has 0 aliphatic heterocycles. The van der Waals surface area contributed by atoms with Gasteiger partial charge in [0.25, 0.3) is 0 Å². The van der Waals surface area contributed by atoms with Gasteiger partial charge in [0.15, 0.2) is 0 Å². The molecule has 1 aromatic rings. The maximum absolute atomic E-state index is 11.5. The van der Waals surface area contributed by atoms with Crippen molar-refractivity contribution in [1.29, 1.82) is 0 Å². The summed E-state index contributed by atoms with van der Waals surface area (Å²) in [5.41, 5.74) is 2.37. The molecule has 0 heterocycles. The molecule has 0 spiro atoms. The molecule has 1 aromatic carbocycles. The number of urea groups is 1. The Bertz CT molecular complexity index is 336. The number of benzene rings is 1. The number of rotatable bonds is 3. The van der Waals surface area contributed by atoms with Crippen molar-refractivity contribution in [2.75, 3.05) is 13.6 Å². The fraction of sp³-hybridized carbons (Fsp3) is 0.417. The average Bonchev–Trinajstić information content (AvgIpc) is 2.26. The quantitative estimate of drug-likeness (QED) is 0.807. The molecular weight excluding hydrogens is 188 g/mol. The summed E-state index contributed by atoms with van der Waals surface area (Å²) >= 11 is 0. The second kappa shape index (κ2) is 5.39. The van der Waals surface area contributed by atoms with Crippen molar-refractivity contribution < 1.29 is 4.79 Å². The lowest BCUT2D eigenvalue weighted by Gasteiger charge is -2.16. The highest BCUT2D eigenvalue weighted by molar-refractivity contribution is 5.73. The summed E-state index contributed by atoms with van der Waals surface area (Å²) in [4.78, 5) is 13.1. The van der Waals surface area contributed by atoms with Crippen LogP contribution in [-0.2, 0) is 6.54 Å². The fourth-order valence-electron chi connectivity index (χ4n) is 1.26. The lowest BCUT2D eigenvalue weighted by atomic mass is 10.1. The molecule has 0 fully saturated rings. The van der Waals surface area contributed by atoms with E-state index in [2.05, 4.69) is 5.32 Å². The second-order valence-electron chi connectivity index (χ2n) is 3.60. The Morgan fingerprint density at radius 2 is 2.07 bits per heavy atom. The largest absolute Gasteiger partial charge is 0.334 e. The Kier molecular flexibility index (Phi) is 4.16. The van der Waals surface area contributed by atoms with Crippen molar-refractivity contribution in [3.05, 3.63) is 35.4 Å². The van der Waals surface area contributed by atoms with E-state index in [0.717, 1.165) is 12.1 Å². The number of carbonyl (C=O) groups excluding carboxylic acids is 1. The zero-order valence-corrected chi connectivity index (χ0v) is 9.58. The van der Waals surface area contributed by atoms with E-state index in [-0.39, 0.29) is 6.03 Å². The summed E-state index contributed by atoms with van der Waals surface area (Å²) in [5.74, 6) is 0. The van der Waals surface area contributed by atoms with Gasteiger partial charge in [-0.1, -0.05) is 24.3 Å². The molecule has 1 N–H and O–H groups in total. The molecule has 0 saturated heterocycles. The number of hydrogen-bond donors (Lipinski definition) is 1. The van der Waals surface area contributed by atoms with Crippen LogP contribution in [0.4, 0.5) is 4.79 Å². The van der Waals surface area contributed by atoms with Gasteiger partial charge < -0.3 is 10.2 Å². The van der Waals surface area contributed by atoms with E-state index < -0.39 is 0 Å². The number of amides is 2. The van der Waals surface area contributed by atoms with E-state index in [9.17, 15) is 4.79 Å². The molecule has 15 heavy (non-hydrogen) atoms. The van der Waals surface area contributed by atoms with Crippen LogP contribution in [0.15, 0.2) is 24.3 Å². The topological polar surface area (TPSA) is 32.3 Å². The van der Waals surface area contributed by atoms with E-state index in [1.165, 1.54) is 5.56 Å². The summed E-state index contributed by atoms with van der Waals surface area (Å²) in [7, 11) is 1.78. The molecule has 0 aliphatic rings. The van der Waals surface area contributed by atoms with Gasteiger partial charge in [0.1, 0.15) is 0 Å². The third kappa shape index (κ3) is 3.27.